The van der Waals surface area contributed by atoms with Crippen molar-refractivity contribution in [2.75, 3.05) is 13.7 Å². The zero-order valence-corrected chi connectivity index (χ0v) is 12.1. The largest absolute Gasteiger partial charge is 0.480 e. The van der Waals surface area contributed by atoms with Crippen LogP contribution in [0.3, 0.4) is 0 Å². The van der Waals surface area contributed by atoms with E-state index in [1.165, 1.54) is 4.88 Å². The van der Waals surface area contributed by atoms with Gasteiger partial charge in [-0.05, 0) is 30.5 Å². The minimum Gasteiger partial charge on any atom is -0.480 e. The van der Waals surface area contributed by atoms with Gasteiger partial charge in [0.15, 0.2) is 0 Å². The first kappa shape index (κ1) is 14.0. The lowest BCUT2D eigenvalue weighted by molar-refractivity contribution is 0.389. The minimum atomic E-state index is 0.206. The zero-order chi connectivity index (χ0) is 13.5. The quantitative estimate of drug-likeness (QED) is 0.845. The van der Waals surface area contributed by atoms with Gasteiger partial charge in [-0.1, -0.05) is 13.0 Å². The van der Waals surface area contributed by atoms with Crippen LogP contribution in [0.4, 0.5) is 0 Å². The summed E-state index contributed by atoms with van der Waals surface area (Å²) in [7, 11) is 1.60. The highest BCUT2D eigenvalue weighted by Crippen LogP contribution is 2.20. The molecule has 0 aliphatic rings. The fraction of sp³-hybridized carbons (Fsp3) is 0.429. The van der Waals surface area contributed by atoms with E-state index in [-0.39, 0.29) is 6.04 Å². The van der Waals surface area contributed by atoms with Gasteiger partial charge in [-0.25, -0.2) is 0 Å². The average molecular weight is 277 g/mol. The lowest BCUT2D eigenvalue weighted by atomic mass is 10.1. The van der Waals surface area contributed by atoms with Crippen molar-refractivity contribution in [1.82, 2.24) is 15.5 Å². The number of nitrogens with one attached hydrogen (secondary N) is 1. The van der Waals surface area contributed by atoms with E-state index in [9.17, 15) is 0 Å². The number of rotatable bonds is 7. The summed E-state index contributed by atoms with van der Waals surface area (Å²) in [4.78, 5) is 1.35. The lowest BCUT2D eigenvalue weighted by Crippen LogP contribution is -2.25. The molecule has 2 aromatic heterocycles. The van der Waals surface area contributed by atoms with Crippen LogP contribution in [0.25, 0.3) is 0 Å². The van der Waals surface area contributed by atoms with Crippen LogP contribution in [0.5, 0.6) is 5.88 Å². The van der Waals surface area contributed by atoms with Crippen molar-refractivity contribution >= 4 is 11.3 Å². The van der Waals surface area contributed by atoms with Gasteiger partial charge in [0, 0.05) is 17.4 Å². The number of nitrogens with zero attached hydrogens (tertiary/aromatic N) is 2. The van der Waals surface area contributed by atoms with Gasteiger partial charge < -0.3 is 10.1 Å². The Morgan fingerprint density at radius 1 is 1.32 bits per heavy atom. The molecule has 0 aromatic carbocycles. The van der Waals surface area contributed by atoms with E-state index in [0.29, 0.717) is 5.88 Å². The Labute approximate surface area is 117 Å². The molecule has 0 saturated carbocycles. The summed E-state index contributed by atoms with van der Waals surface area (Å²) in [6, 6.07) is 8.28. The van der Waals surface area contributed by atoms with Gasteiger partial charge in [0.25, 0.3) is 0 Å². The Morgan fingerprint density at radius 2 is 2.21 bits per heavy atom. The van der Waals surface area contributed by atoms with Crippen LogP contribution in [0.15, 0.2) is 29.6 Å². The molecule has 19 heavy (non-hydrogen) atoms. The molecular formula is C14H19N3OS. The van der Waals surface area contributed by atoms with E-state index < -0.39 is 0 Å². The molecule has 4 nitrogen and oxygen atoms in total. The summed E-state index contributed by atoms with van der Waals surface area (Å²) in [5.41, 5.74) is 0.961. The topological polar surface area (TPSA) is 47.0 Å². The SMILES string of the molecule is CCCNC(Cc1cccs1)c1ccc(OC)nn1. The predicted molar refractivity (Wildman–Crippen MR) is 77.6 cm³/mol. The Bertz CT molecular complexity index is 470. The van der Waals surface area contributed by atoms with E-state index in [0.717, 1.165) is 25.1 Å². The van der Waals surface area contributed by atoms with Crippen LogP contribution >= 0.6 is 11.3 Å². The van der Waals surface area contributed by atoms with Gasteiger partial charge in [-0.15, -0.1) is 16.4 Å². The van der Waals surface area contributed by atoms with Crippen molar-refractivity contribution < 1.29 is 4.74 Å². The molecule has 0 aliphatic heterocycles. The minimum absolute atomic E-state index is 0.206. The van der Waals surface area contributed by atoms with Crippen molar-refractivity contribution in [3.05, 3.63) is 40.2 Å². The highest BCUT2D eigenvalue weighted by molar-refractivity contribution is 7.09. The Hall–Kier alpha value is -1.46. The van der Waals surface area contributed by atoms with Crippen LogP contribution in [0, 0.1) is 0 Å². The van der Waals surface area contributed by atoms with E-state index in [2.05, 4.69) is 40.0 Å². The second kappa shape index (κ2) is 7.21. The van der Waals surface area contributed by atoms with Gasteiger partial charge in [0.05, 0.1) is 18.8 Å². The molecule has 0 bridgehead atoms. The highest BCUT2D eigenvalue weighted by atomic mass is 32.1. The first-order valence-electron chi connectivity index (χ1n) is 6.47. The van der Waals surface area contributed by atoms with Gasteiger partial charge >= 0.3 is 0 Å². The Morgan fingerprint density at radius 3 is 2.79 bits per heavy atom. The monoisotopic (exact) mass is 277 g/mol. The molecular weight excluding hydrogens is 258 g/mol. The van der Waals surface area contributed by atoms with Crippen LogP contribution in [-0.2, 0) is 6.42 Å². The summed E-state index contributed by atoms with van der Waals surface area (Å²) >= 11 is 1.77. The molecule has 5 heteroatoms. The maximum Gasteiger partial charge on any atom is 0.233 e. The van der Waals surface area contributed by atoms with Gasteiger partial charge in [0.2, 0.25) is 5.88 Å². The molecule has 1 unspecified atom stereocenters. The zero-order valence-electron chi connectivity index (χ0n) is 11.3. The molecule has 0 radical (unpaired) electrons. The number of methoxy groups -OCH3 is 1. The van der Waals surface area contributed by atoms with E-state index in [1.807, 2.05) is 12.1 Å². The second-order valence-electron chi connectivity index (χ2n) is 4.29. The van der Waals surface area contributed by atoms with Crippen LogP contribution < -0.4 is 10.1 Å². The van der Waals surface area contributed by atoms with Crippen molar-refractivity contribution in [1.29, 1.82) is 0 Å². The molecule has 0 fully saturated rings. The standard InChI is InChI=1S/C14H19N3OS/c1-3-8-15-13(10-11-5-4-9-19-11)12-6-7-14(18-2)17-16-12/h4-7,9,13,15H,3,8,10H2,1-2H3. The number of thiophene rings is 1. The van der Waals surface area contributed by atoms with Crippen LogP contribution in [0.2, 0.25) is 0 Å². The third-order valence-corrected chi connectivity index (χ3v) is 3.75. The first-order chi connectivity index (χ1) is 9.33. The van der Waals surface area contributed by atoms with E-state index >= 15 is 0 Å². The van der Waals surface area contributed by atoms with Crippen molar-refractivity contribution in [2.24, 2.45) is 0 Å². The Kier molecular flexibility index (Phi) is 5.30. The number of aromatic nitrogens is 2. The maximum absolute atomic E-state index is 5.04. The molecule has 1 atom stereocenters. The van der Waals surface area contributed by atoms with Crippen molar-refractivity contribution in [3.63, 3.8) is 0 Å². The summed E-state index contributed by atoms with van der Waals surface area (Å²) < 4.78 is 5.04. The van der Waals surface area contributed by atoms with E-state index in [1.54, 1.807) is 18.4 Å². The van der Waals surface area contributed by atoms with E-state index in [4.69, 9.17) is 4.74 Å². The molecule has 1 N–H and O–H groups in total. The highest BCUT2D eigenvalue weighted by Gasteiger charge is 2.14. The van der Waals surface area contributed by atoms with Crippen molar-refractivity contribution in [2.45, 2.75) is 25.8 Å². The number of hydrogen-bond acceptors (Lipinski definition) is 5. The van der Waals surface area contributed by atoms with Crippen molar-refractivity contribution in [3.8, 4) is 5.88 Å². The fourth-order valence-corrected chi connectivity index (χ4v) is 2.61. The summed E-state index contributed by atoms with van der Waals surface area (Å²) in [6.07, 6.45) is 2.04. The normalized spacial score (nSPS) is 12.3. The molecule has 0 saturated heterocycles. The summed E-state index contributed by atoms with van der Waals surface area (Å²) in [5.74, 6) is 0.550. The average Bonchev–Trinajstić information content (AvgIpc) is 2.96. The third kappa shape index (κ3) is 4.01. The van der Waals surface area contributed by atoms with Crippen LogP contribution in [-0.4, -0.2) is 23.9 Å². The van der Waals surface area contributed by atoms with Crippen LogP contribution in [0.1, 0.15) is 30.0 Å². The predicted octanol–water partition coefficient (Wildman–Crippen LogP) is 2.83. The second-order valence-corrected chi connectivity index (χ2v) is 5.32. The molecule has 102 valence electrons. The number of ether oxygens (including phenoxy) is 1. The fourth-order valence-electron chi connectivity index (χ4n) is 1.85. The smallest absolute Gasteiger partial charge is 0.233 e. The number of hydrogen-bond donors (Lipinski definition) is 1. The van der Waals surface area contributed by atoms with Gasteiger partial charge in [-0.3, -0.25) is 0 Å². The van der Waals surface area contributed by atoms with Gasteiger partial charge in [-0.2, -0.15) is 5.10 Å². The molecule has 2 aromatic rings. The molecule has 0 spiro atoms. The summed E-state index contributed by atoms with van der Waals surface area (Å²) in [5, 5.41) is 13.9. The molecule has 2 heterocycles. The molecule has 2 rings (SSSR count). The summed E-state index contributed by atoms with van der Waals surface area (Å²) in [6.45, 7) is 3.14. The lowest BCUT2D eigenvalue weighted by Gasteiger charge is -2.16. The van der Waals surface area contributed by atoms with Gasteiger partial charge in [0.1, 0.15) is 0 Å². The third-order valence-electron chi connectivity index (χ3n) is 2.85. The maximum atomic E-state index is 5.04. The molecule has 0 aliphatic carbocycles. The Balaban J connectivity index is 2.10. The first-order valence-corrected chi connectivity index (χ1v) is 7.34. The molecule has 0 amide bonds.